The Hall–Kier alpha value is -3.35. The highest BCUT2D eigenvalue weighted by Gasteiger charge is 2.46. The van der Waals surface area contributed by atoms with Gasteiger partial charge in [0.25, 0.3) is 0 Å². The molecule has 0 spiro atoms. The van der Waals surface area contributed by atoms with Crippen molar-refractivity contribution in [2.45, 2.75) is 44.1 Å². The molecule has 0 radical (unpaired) electrons. The SMILES string of the molecule is CC(C)(O)COc1cc2nc(-c3nnc4ccc([C@@H](N5CC[C@H](N)C5)C(F)(F)F)cn34)ccc2cc1F. The first-order valence-corrected chi connectivity index (χ1v) is 11.8. The Bertz CT molecular complexity index is 1450. The first-order chi connectivity index (χ1) is 17.4. The van der Waals surface area contributed by atoms with E-state index in [9.17, 15) is 22.7 Å². The van der Waals surface area contributed by atoms with Crippen molar-refractivity contribution in [1.82, 2.24) is 24.5 Å². The van der Waals surface area contributed by atoms with Crippen LogP contribution in [0.2, 0.25) is 0 Å². The molecule has 3 N–H and O–H groups in total. The zero-order valence-electron chi connectivity index (χ0n) is 20.2. The van der Waals surface area contributed by atoms with Gasteiger partial charge in [-0.05, 0) is 44.0 Å². The van der Waals surface area contributed by atoms with E-state index in [4.69, 9.17) is 10.5 Å². The van der Waals surface area contributed by atoms with Crippen molar-refractivity contribution >= 4 is 16.6 Å². The van der Waals surface area contributed by atoms with Crippen LogP contribution in [0.25, 0.3) is 28.1 Å². The lowest BCUT2D eigenvalue weighted by molar-refractivity contribution is -0.183. The number of nitrogens with two attached hydrogens (primary N) is 1. The fraction of sp³-hybridized carbons (Fsp3) is 0.400. The maximum absolute atomic E-state index is 14.5. The molecular weight excluding hydrogens is 492 g/mol. The second-order valence-corrected chi connectivity index (χ2v) is 9.98. The predicted octanol–water partition coefficient (Wildman–Crippen LogP) is 3.87. The number of benzene rings is 1. The van der Waals surface area contributed by atoms with Crippen LogP contribution in [0, 0.1) is 5.82 Å². The smallest absolute Gasteiger partial charge is 0.408 e. The minimum Gasteiger partial charge on any atom is -0.487 e. The van der Waals surface area contributed by atoms with E-state index in [2.05, 4.69) is 15.2 Å². The van der Waals surface area contributed by atoms with E-state index in [0.29, 0.717) is 28.7 Å². The third-order valence-electron chi connectivity index (χ3n) is 6.23. The van der Waals surface area contributed by atoms with Gasteiger partial charge in [-0.2, -0.15) is 13.2 Å². The van der Waals surface area contributed by atoms with E-state index in [1.165, 1.54) is 53.6 Å². The number of hydrogen-bond donors (Lipinski definition) is 2. The van der Waals surface area contributed by atoms with Gasteiger partial charge in [-0.1, -0.05) is 12.1 Å². The minimum absolute atomic E-state index is 0.0420. The standard InChI is InChI=1S/C25H26F4N6O2/c1-24(2,36)13-37-20-10-19-14(9-17(20)26)3-5-18(31-19)23-33-32-21-6-4-15(11-35(21)23)22(25(27,28)29)34-8-7-16(30)12-34/h3-6,9-11,16,22,36H,7-8,12-13,30H2,1-2H3/t16-,22+/m0/s1. The first kappa shape index (κ1) is 25.3. The highest BCUT2D eigenvalue weighted by Crippen LogP contribution is 2.39. The molecule has 0 unspecified atom stereocenters. The van der Waals surface area contributed by atoms with Crippen LogP contribution in [0.15, 0.2) is 42.6 Å². The molecule has 1 saturated heterocycles. The molecule has 12 heteroatoms. The second-order valence-electron chi connectivity index (χ2n) is 9.98. The molecule has 8 nitrogen and oxygen atoms in total. The summed E-state index contributed by atoms with van der Waals surface area (Å²) in [5.74, 6) is -0.450. The second kappa shape index (κ2) is 9.19. The van der Waals surface area contributed by atoms with Gasteiger partial charge in [0.05, 0.1) is 11.1 Å². The van der Waals surface area contributed by atoms with Crippen molar-refractivity contribution in [1.29, 1.82) is 0 Å². The Morgan fingerprint density at radius 2 is 1.95 bits per heavy atom. The number of pyridine rings is 2. The highest BCUT2D eigenvalue weighted by molar-refractivity contribution is 5.82. The highest BCUT2D eigenvalue weighted by atomic mass is 19.4. The summed E-state index contributed by atoms with van der Waals surface area (Å²) in [6.07, 6.45) is -2.63. The Balaban J connectivity index is 1.54. The molecule has 1 aliphatic rings. The summed E-state index contributed by atoms with van der Waals surface area (Å²) in [6.45, 7) is 3.34. The quantitative estimate of drug-likeness (QED) is 0.374. The number of fused-ring (bicyclic) bond motifs is 2. The molecule has 1 fully saturated rings. The molecule has 3 aromatic heterocycles. The number of aliphatic hydroxyl groups is 1. The van der Waals surface area contributed by atoms with E-state index in [-0.39, 0.29) is 42.9 Å². The number of nitrogens with zero attached hydrogens (tertiary/aromatic N) is 5. The van der Waals surface area contributed by atoms with Crippen molar-refractivity contribution in [3.63, 3.8) is 0 Å². The molecule has 0 saturated carbocycles. The van der Waals surface area contributed by atoms with Gasteiger partial charge in [0.1, 0.15) is 18.3 Å². The number of halogens is 4. The molecule has 4 heterocycles. The molecule has 0 aliphatic carbocycles. The van der Waals surface area contributed by atoms with Gasteiger partial charge in [-0.15, -0.1) is 10.2 Å². The summed E-state index contributed by atoms with van der Waals surface area (Å²) in [4.78, 5) is 5.88. The van der Waals surface area contributed by atoms with Crippen LogP contribution in [0.3, 0.4) is 0 Å². The monoisotopic (exact) mass is 518 g/mol. The molecule has 2 atom stereocenters. The van der Waals surface area contributed by atoms with Gasteiger partial charge < -0.3 is 15.6 Å². The summed E-state index contributed by atoms with van der Waals surface area (Å²) in [6, 6.07) is 6.68. The lowest BCUT2D eigenvalue weighted by Gasteiger charge is -2.30. The molecule has 0 bridgehead atoms. The van der Waals surface area contributed by atoms with Gasteiger partial charge in [0, 0.05) is 36.8 Å². The molecular formula is C25H26F4N6O2. The van der Waals surface area contributed by atoms with Gasteiger partial charge in [-0.3, -0.25) is 9.30 Å². The molecule has 4 aromatic rings. The van der Waals surface area contributed by atoms with Crippen LogP contribution in [-0.4, -0.2) is 67.1 Å². The number of likely N-dealkylation sites (tertiary alicyclic amines) is 1. The van der Waals surface area contributed by atoms with Crippen molar-refractivity contribution < 1.29 is 27.4 Å². The van der Waals surface area contributed by atoms with Crippen LogP contribution < -0.4 is 10.5 Å². The van der Waals surface area contributed by atoms with Gasteiger partial charge >= 0.3 is 6.18 Å². The van der Waals surface area contributed by atoms with E-state index < -0.39 is 23.6 Å². The first-order valence-electron chi connectivity index (χ1n) is 11.8. The van der Waals surface area contributed by atoms with Crippen LogP contribution >= 0.6 is 0 Å². The third kappa shape index (κ3) is 5.22. The van der Waals surface area contributed by atoms with E-state index >= 15 is 0 Å². The predicted molar refractivity (Wildman–Crippen MR) is 128 cm³/mol. The lowest BCUT2D eigenvalue weighted by atomic mass is 10.1. The topological polar surface area (TPSA) is 102 Å². The molecule has 1 aromatic carbocycles. The van der Waals surface area contributed by atoms with Gasteiger partial charge in [-0.25, -0.2) is 9.37 Å². The summed E-state index contributed by atoms with van der Waals surface area (Å²) < 4.78 is 63.7. The number of ether oxygens (including phenoxy) is 1. The molecule has 196 valence electrons. The summed E-state index contributed by atoms with van der Waals surface area (Å²) in [7, 11) is 0. The summed E-state index contributed by atoms with van der Waals surface area (Å²) >= 11 is 0. The summed E-state index contributed by atoms with van der Waals surface area (Å²) in [5, 5.41) is 18.6. The van der Waals surface area contributed by atoms with E-state index in [1.54, 1.807) is 12.1 Å². The number of hydrogen-bond acceptors (Lipinski definition) is 7. The fourth-order valence-electron chi connectivity index (χ4n) is 4.51. The summed E-state index contributed by atoms with van der Waals surface area (Å²) in [5.41, 5.74) is 5.83. The van der Waals surface area contributed by atoms with Crippen LogP contribution in [0.5, 0.6) is 5.75 Å². The van der Waals surface area contributed by atoms with Crippen LogP contribution in [-0.2, 0) is 0 Å². The zero-order chi connectivity index (χ0) is 26.5. The Morgan fingerprint density at radius 1 is 1.16 bits per heavy atom. The van der Waals surface area contributed by atoms with E-state index in [1.807, 2.05) is 0 Å². The Morgan fingerprint density at radius 3 is 2.62 bits per heavy atom. The lowest BCUT2D eigenvalue weighted by Crippen LogP contribution is -2.38. The largest absolute Gasteiger partial charge is 0.487 e. The van der Waals surface area contributed by atoms with Crippen molar-refractivity contribution in [2.75, 3.05) is 19.7 Å². The number of alkyl halides is 3. The maximum atomic E-state index is 14.5. The third-order valence-corrected chi connectivity index (χ3v) is 6.23. The Kier molecular flexibility index (Phi) is 6.29. The maximum Gasteiger partial charge on any atom is 0.408 e. The van der Waals surface area contributed by atoms with E-state index in [0.717, 1.165) is 0 Å². The van der Waals surface area contributed by atoms with Crippen LogP contribution in [0.4, 0.5) is 17.6 Å². The average Bonchev–Trinajstić information content (AvgIpc) is 3.42. The molecule has 37 heavy (non-hydrogen) atoms. The molecule has 1 aliphatic heterocycles. The van der Waals surface area contributed by atoms with Crippen LogP contribution in [0.1, 0.15) is 31.9 Å². The average molecular weight is 519 g/mol. The number of aromatic nitrogens is 4. The normalized spacial score (nSPS) is 18.1. The Labute approximate surface area is 209 Å². The minimum atomic E-state index is -4.50. The molecule has 0 amide bonds. The fourth-order valence-corrected chi connectivity index (χ4v) is 4.51. The van der Waals surface area contributed by atoms with Crippen molar-refractivity contribution in [2.24, 2.45) is 5.73 Å². The number of rotatable bonds is 6. The molecule has 5 rings (SSSR count). The van der Waals surface area contributed by atoms with Gasteiger partial charge in [0.2, 0.25) is 0 Å². The van der Waals surface area contributed by atoms with Gasteiger partial charge in [0.15, 0.2) is 23.0 Å². The zero-order valence-corrected chi connectivity index (χ0v) is 20.2. The van der Waals surface area contributed by atoms with Crippen molar-refractivity contribution in [3.8, 4) is 17.3 Å². The van der Waals surface area contributed by atoms with Crippen molar-refractivity contribution in [3.05, 3.63) is 54.0 Å².